The largest absolute Gasteiger partial charge is 0.378 e. The first kappa shape index (κ1) is 17.0. The van der Waals surface area contributed by atoms with Gasteiger partial charge < -0.3 is 15.4 Å². The van der Waals surface area contributed by atoms with Crippen molar-refractivity contribution in [2.45, 2.75) is 26.3 Å². The molecule has 1 saturated heterocycles. The average molecular weight is 299 g/mol. The SMILES string of the molecule is Cc1cccc(C)c1CCNC(=O)C1COCCN1.Cl. The van der Waals surface area contributed by atoms with Crippen LogP contribution in [0, 0.1) is 13.8 Å². The molecule has 1 aromatic carbocycles. The predicted octanol–water partition coefficient (Wildman–Crippen LogP) is 1.37. The van der Waals surface area contributed by atoms with Crippen LogP contribution in [0.25, 0.3) is 0 Å². The summed E-state index contributed by atoms with van der Waals surface area (Å²) >= 11 is 0. The third-order valence-corrected chi connectivity index (χ3v) is 3.56. The topological polar surface area (TPSA) is 50.4 Å². The predicted molar refractivity (Wildman–Crippen MR) is 82.5 cm³/mol. The molecule has 0 aromatic heterocycles. The zero-order chi connectivity index (χ0) is 13.7. The van der Waals surface area contributed by atoms with Crippen molar-refractivity contribution < 1.29 is 9.53 Å². The molecule has 1 heterocycles. The maximum absolute atomic E-state index is 11.9. The fourth-order valence-corrected chi connectivity index (χ4v) is 2.41. The summed E-state index contributed by atoms with van der Waals surface area (Å²) < 4.78 is 5.28. The van der Waals surface area contributed by atoms with E-state index in [0.717, 1.165) is 13.0 Å². The van der Waals surface area contributed by atoms with Crippen LogP contribution in [0.2, 0.25) is 0 Å². The second-order valence-corrected chi connectivity index (χ2v) is 4.99. The van der Waals surface area contributed by atoms with Gasteiger partial charge in [-0.25, -0.2) is 0 Å². The van der Waals surface area contributed by atoms with E-state index in [1.165, 1.54) is 16.7 Å². The summed E-state index contributed by atoms with van der Waals surface area (Å²) in [7, 11) is 0. The van der Waals surface area contributed by atoms with Gasteiger partial charge >= 0.3 is 0 Å². The zero-order valence-corrected chi connectivity index (χ0v) is 12.9. The number of morpholine rings is 1. The van der Waals surface area contributed by atoms with Gasteiger partial charge in [-0.15, -0.1) is 12.4 Å². The van der Waals surface area contributed by atoms with E-state index >= 15 is 0 Å². The molecule has 4 nitrogen and oxygen atoms in total. The molecule has 0 radical (unpaired) electrons. The van der Waals surface area contributed by atoms with Crippen molar-refractivity contribution in [1.82, 2.24) is 10.6 Å². The van der Waals surface area contributed by atoms with Gasteiger partial charge in [-0.3, -0.25) is 4.79 Å². The van der Waals surface area contributed by atoms with E-state index in [1.807, 2.05) is 0 Å². The zero-order valence-electron chi connectivity index (χ0n) is 12.1. The van der Waals surface area contributed by atoms with Gasteiger partial charge in [-0.2, -0.15) is 0 Å². The van der Waals surface area contributed by atoms with E-state index in [9.17, 15) is 4.79 Å². The van der Waals surface area contributed by atoms with Crippen molar-refractivity contribution in [3.8, 4) is 0 Å². The van der Waals surface area contributed by atoms with Gasteiger partial charge in [0.25, 0.3) is 0 Å². The molecular formula is C15H23ClN2O2. The number of carbonyl (C=O) groups is 1. The van der Waals surface area contributed by atoms with Crippen LogP contribution in [0.1, 0.15) is 16.7 Å². The Bertz CT molecular complexity index is 425. The summed E-state index contributed by atoms with van der Waals surface area (Å²) in [5, 5.41) is 6.13. The molecule has 0 spiro atoms. The summed E-state index contributed by atoms with van der Waals surface area (Å²) in [6, 6.07) is 6.09. The third-order valence-electron chi connectivity index (χ3n) is 3.56. The van der Waals surface area contributed by atoms with Gasteiger partial charge in [0, 0.05) is 13.1 Å². The monoisotopic (exact) mass is 298 g/mol. The fourth-order valence-electron chi connectivity index (χ4n) is 2.41. The molecule has 2 N–H and O–H groups in total. The Morgan fingerprint density at radius 3 is 2.70 bits per heavy atom. The van der Waals surface area contributed by atoms with Crippen molar-refractivity contribution in [3.05, 3.63) is 34.9 Å². The molecule has 1 atom stereocenters. The lowest BCUT2D eigenvalue weighted by Gasteiger charge is -2.23. The molecule has 0 bridgehead atoms. The lowest BCUT2D eigenvalue weighted by Crippen LogP contribution is -2.51. The molecule has 5 heteroatoms. The summed E-state index contributed by atoms with van der Waals surface area (Å²) in [6.07, 6.45) is 0.873. The van der Waals surface area contributed by atoms with Gasteiger partial charge in [-0.05, 0) is 37.0 Å². The molecule has 1 fully saturated rings. The number of nitrogens with one attached hydrogen (secondary N) is 2. The highest BCUT2D eigenvalue weighted by Gasteiger charge is 2.20. The fraction of sp³-hybridized carbons (Fsp3) is 0.533. The van der Waals surface area contributed by atoms with E-state index in [1.54, 1.807) is 0 Å². The highest BCUT2D eigenvalue weighted by Crippen LogP contribution is 2.13. The Kier molecular flexibility index (Phi) is 6.99. The standard InChI is InChI=1S/C15H22N2O2.ClH/c1-11-4-3-5-12(2)13(11)6-7-17-15(18)14-10-19-9-8-16-14;/h3-5,14,16H,6-10H2,1-2H3,(H,17,18);1H. The number of aryl methyl sites for hydroxylation is 2. The van der Waals surface area contributed by atoms with Crippen LogP contribution in [0.3, 0.4) is 0 Å². The lowest BCUT2D eigenvalue weighted by atomic mass is 10.0. The van der Waals surface area contributed by atoms with E-state index in [-0.39, 0.29) is 24.4 Å². The Labute approximate surface area is 126 Å². The number of benzene rings is 1. The van der Waals surface area contributed by atoms with Crippen LogP contribution in [-0.4, -0.2) is 38.3 Å². The van der Waals surface area contributed by atoms with Crippen LogP contribution >= 0.6 is 12.4 Å². The maximum Gasteiger partial charge on any atom is 0.239 e. The van der Waals surface area contributed by atoms with E-state index in [0.29, 0.717) is 19.8 Å². The van der Waals surface area contributed by atoms with E-state index < -0.39 is 0 Å². The van der Waals surface area contributed by atoms with Crippen LogP contribution in [0.5, 0.6) is 0 Å². The Morgan fingerprint density at radius 2 is 2.10 bits per heavy atom. The summed E-state index contributed by atoms with van der Waals surface area (Å²) in [6.45, 7) is 6.79. The van der Waals surface area contributed by atoms with Crippen molar-refractivity contribution in [2.24, 2.45) is 0 Å². The minimum atomic E-state index is -0.202. The molecule has 2 rings (SSSR count). The second-order valence-electron chi connectivity index (χ2n) is 4.99. The number of rotatable bonds is 4. The third kappa shape index (κ3) is 4.47. The molecule has 20 heavy (non-hydrogen) atoms. The molecule has 1 unspecified atom stereocenters. The number of carbonyl (C=O) groups excluding carboxylic acids is 1. The quantitative estimate of drug-likeness (QED) is 0.883. The molecule has 0 saturated carbocycles. The van der Waals surface area contributed by atoms with Crippen LogP contribution < -0.4 is 10.6 Å². The minimum Gasteiger partial charge on any atom is -0.378 e. The average Bonchev–Trinajstić information content (AvgIpc) is 2.43. The second kappa shape index (κ2) is 8.25. The first-order chi connectivity index (χ1) is 9.18. The minimum absolute atomic E-state index is 0. The maximum atomic E-state index is 11.9. The van der Waals surface area contributed by atoms with Gasteiger partial charge in [0.1, 0.15) is 6.04 Å². The van der Waals surface area contributed by atoms with Gasteiger partial charge in [0.15, 0.2) is 0 Å². The highest BCUT2D eigenvalue weighted by atomic mass is 35.5. The molecule has 1 aliphatic heterocycles. The summed E-state index contributed by atoms with van der Waals surface area (Å²) in [5.41, 5.74) is 3.90. The number of amides is 1. The lowest BCUT2D eigenvalue weighted by molar-refractivity contribution is -0.125. The normalized spacial score (nSPS) is 18.2. The van der Waals surface area contributed by atoms with Gasteiger partial charge in [-0.1, -0.05) is 18.2 Å². The van der Waals surface area contributed by atoms with Gasteiger partial charge in [0.05, 0.1) is 13.2 Å². The number of ether oxygens (including phenoxy) is 1. The molecular weight excluding hydrogens is 276 g/mol. The van der Waals surface area contributed by atoms with E-state index in [4.69, 9.17) is 4.74 Å². The molecule has 1 aliphatic rings. The number of halogens is 1. The number of hydrogen-bond acceptors (Lipinski definition) is 3. The number of hydrogen-bond donors (Lipinski definition) is 2. The molecule has 1 aromatic rings. The van der Waals surface area contributed by atoms with Gasteiger partial charge in [0.2, 0.25) is 5.91 Å². The van der Waals surface area contributed by atoms with Crippen molar-refractivity contribution in [1.29, 1.82) is 0 Å². The smallest absolute Gasteiger partial charge is 0.239 e. The van der Waals surface area contributed by atoms with Crippen LogP contribution in [0.4, 0.5) is 0 Å². The highest BCUT2D eigenvalue weighted by molar-refractivity contribution is 5.85. The van der Waals surface area contributed by atoms with Crippen molar-refractivity contribution in [2.75, 3.05) is 26.3 Å². The Balaban J connectivity index is 0.00000200. The van der Waals surface area contributed by atoms with Crippen molar-refractivity contribution >= 4 is 18.3 Å². The first-order valence-electron chi connectivity index (χ1n) is 6.82. The van der Waals surface area contributed by atoms with E-state index in [2.05, 4.69) is 42.7 Å². The van der Waals surface area contributed by atoms with Crippen LogP contribution in [0.15, 0.2) is 18.2 Å². The molecule has 0 aliphatic carbocycles. The molecule has 1 amide bonds. The Hall–Kier alpha value is -1.10. The first-order valence-corrected chi connectivity index (χ1v) is 6.82. The summed E-state index contributed by atoms with van der Waals surface area (Å²) in [5.74, 6) is 0.0333. The molecule has 112 valence electrons. The summed E-state index contributed by atoms with van der Waals surface area (Å²) in [4.78, 5) is 11.9. The van der Waals surface area contributed by atoms with Crippen LogP contribution in [-0.2, 0) is 16.0 Å². The van der Waals surface area contributed by atoms with Crippen molar-refractivity contribution in [3.63, 3.8) is 0 Å². The Morgan fingerprint density at radius 1 is 1.40 bits per heavy atom.